The third-order valence-electron chi connectivity index (χ3n) is 4.43. The van der Waals surface area contributed by atoms with E-state index in [-0.39, 0.29) is 12.5 Å². The summed E-state index contributed by atoms with van der Waals surface area (Å²) in [6.07, 6.45) is 7.31. The number of carboxylic acids is 1. The van der Waals surface area contributed by atoms with Gasteiger partial charge in [0.25, 0.3) is 0 Å². The van der Waals surface area contributed by atoms with Crippen LogP contribution in [0.5, 0.6) is 0 Å². The number of nitrogens with zero attached hydrogens (tertiary/aromatic N) is 1. The Hall–Kier alpha value is -1.36. The highest BCUT2D eigenvalue weighted by atomic mass is 16.4. The van der Waals surface area contributed by atoms with Gasteiger partial charge in [0, 0.05) is 12.2 Å². The number of aliphatic carboxylic acids is 1. The molecule has 0 aromatic heterocycles. The van der Waals surface area contributed by atoms with Gasteiger partial charge in [-0.1, -0.05) is 19.9 Å². The van der Waals surface area contributed by atoms with Crippen molar-refractivity contribution in [3.63, 3.8) is 0 Å². The largest absolute Gasteiger partial charge is 0.480 e. The maximum atomic E-state index is 12.4. The van der Waals surface area contributed by atoms with Crippen LogP contribution in [0.3, 0.4) is 0 Å². The molecular weight excluding hydrogens is 268 g/mol. The number of carbonyl (C=O) groups excluding carboxylic acids is 1. The Morgan fingerprint density at radius 3 is 2.38 bits per heavy atom. The smallest absolute Gasteiger partial charge is 0.323 e. The molecule has 1 amide bonds. The average molecular weight is 296 g/mol. The van der Waals surface area contributed by atoms with E-state index in [1.165, 1.54) is 6.42 Å². The van der Waals surface area contributed by atoms with Crippen LogP contribution in [-0.2, 0) is 9.59 Å². The Labute approximate surface area is 127 Å². The number of allylic oxidation sites excluding steroid dienone is 2. The van der Waals surface area contributed by atoms with Gasteiger partial charge in [-0.2, -0.15) is 0 Å². The first-order valence-corrected chi connectivity index (χ1v) is 7.98. The van der Waals surface area contributed by atoms with Crippen molar-refractivity contribution in [1.29, 1.82) is 0 Å². The predicted molar refractivity (Wildman–Crippen MR) is 82.9 cm³/mol. The number of carboxylic acid groups (broad SMARTS) is 1. The Bertz CT molecular complexity index is 400. The molecule has 0 radical (unpaired) electrons. The molecule has 0 aromatic carbocycles. The second-order valence-electron chi connectivity index (χ2n) is 5.53. The number of hydrogen-bond donors (Lipinski definition) is 2. The molecule has 0 unspecified atom stereocenters. The molecule has 0 spiro atoms. The van der Waals surface area contributed by atoms with E-state index in [4.69, 9.17) is 0 Å². The summed E-state index contributed by atoms with van der Waals surface area (Å²) < 4.78 is 0. The van der Waals surface area contributed by atoms with Gasteiger partial charge < -0.3 is 10.0 Å². The Balaban J connectivity index is 2.70. The zero-order valence-electron chi connectivity index (χ0n) is 13.4. The molecule has 5 nitrogen and oxygen atoms in total. The fourth-order valence-electron chi connectivity index (χ4n) is 2.82. The van der Waals surface area contributed by atoms with Gasteiger partial charge in [-0.3, -0.25) is 14.9 Å². The Morgan fingerprint density at radius 1 is 1.29 bits per heavy atom. The fraction of sp³-hybridized carbons (Fsp3) is 0.750. The molecule has 21 heavy (non-hydrogen) atoms. The van der Waals surface area contributed by atoms with Crippen LogP contribution in [-0.4, -0.2) is 40.5 Å². The lowest BCUT2D eigenvalue weighted by Crippen LogP contribution is -2.54. The van der Waals surface area contributed by atoms with E-state index < -0.39 is 11.5 Å². The lowest BCUT2D eigenvalue weighted by molar-refractivity contribution is -0.145. The molecular formula is C16H28N2O3. The normalized spacial score (nSPS) is 15.5. The maximum Gasteiger partial charge on any atom is 0.323 e. The molecule has 1 rings (SSSR count). The molecule has 5 heteroatoms. The lowest BCUT2D eigenvalue weighted by atomic mass is 9.93. The summed E-state index contributed by atoms with van der Waals surface area (Å²) in [6.45, 7) is 6.31. The number of hydrogen-bond acceptors (Lipinski definition) is 3. The molecule has 0 heterocycles. The van der Waals surface area contributed by atoms with Crippen LogP contribution in [0.25, 0.3) is 0 Å². The van der Waals surface area contributed by atoms with Crippen molar-refractivity contribution in [2.24, 2.45) is 0 Å². The zero-order chi connectivity index (χ0) is 15.9. The van der Waals surface area contributed by atoms with Gasteiger partial charge in [-0.25, -0.2) is 0 Å². The minimum atomic E-state index is -1.00. The summed E-state index contributed by atoms with van der Waals surface area (Å²) in [5.41, 5.74) is 0.0835. The number of rotatable bonds is 8. The van der Waals surface area contributed by atoms with Crippen molar-refractivity contribution < 1.29 is 14.7 Å². The van der Waals surface area contributed by atoms with Crippen molar-refractivity contribution in [3.05, 3.63) is 11.8 Å². The third-order valence-corrected chi connectivity index (χ3v) is 4.43. The molecule has 0 bridgehead atoms. The maximum absolute atomic E-state index is 12.4. The van der Waals surface area contributed by atoms with Gasteiger partial charge in [0.15, 0.2) is 0 Å². The van der Waals surface area contributed by atoms with Crippen molar-refractivity contribution >= 4 is 11.9 Å². The van der Waals surface area contributed by atoms with Crippen molar-refractivity contribution in [2.45, 2.75) is 64.8 Å². The topological polar surface area (TPSA) is 69.6 Å². The van der Waals surface area contributed by atoms with E-state index in [9.17, 15) is 14.7 Å². The van der Waals surface area contributed by atoms with E-state index in [0.717, 1.165) is 25.0 Å². The summed E-state index contributed by atoms with van der Waals surface area (Å²) in [7, 11) is 0. The fourth-order valence-corrected chi connectivity index (χ4v) is 2.82. The van der Waals surface area contributed by atoms with E-state index in [2.05, 4.69) is 11.4 Å². The predicted octanol–water partition coefficient (Wildman–Crippen LogP) is 2.53. The number of likely N-dealkylation sites (N-methyl/N-ethyl adjacent to an activating group) is 1. The monoisotopic (exact) mass is 296 g/mol. The molecule has 0 aromatic rings. The second kappa shape index (κ2) is 8.17. The van der Waals surface area contributed by atoms with Crippen molar-refractivity contribution in [2.75, 3.05) is 13.1 Å². The second-order valence-corrected chi connectivity index (χ2v) is 5.53. The van der Waals surface area contributed by atoms with Gasteiger partial charge in [0.1, 0.15) is 5.54 Å². The summed E-state index contributed by atoms with van der Waals surface area (Å²) in [5, 5.41) is 12.4. The van der Waals surface area contributed by atoms with E-state index in [0.29, 0.717) is 19.4 Å². The van der Waals surface area contributed by atoms with Gasteiger partial charge in [-0.05, 0) is 45.4 Å². The summed E-state index contributed by atoms with van der Waals surface area (Å²) >= 11 is 0. The van der Waals surface area contributed by atoms with Crippen molar-refractivity contribution in [1.82, 2.24) is 10.2 Å². The molecule has 0 saturated carbocycles. The van der Waals surface area contributed by atoms with Crippen LogP contribution in [0.15, 0.2) is 11.8 Å². The van der Waals surface area contributed by atoms with Gasteiger partial charge in [-0.15, -0.1) is 0 Å². The highest BCUT2D eigenvalue weighted by molar-refractivity contribution is 5.83. The van der Waals surface area contributed by atoms with E-state index in [1.807, 2.05) is 20.8 Å². The first-order chi connectivity index (χ1) is 10.0. The molecule has 0 saturated heterocycles. The standard InChI is InChI=1S/C16H28N2O3/c1-4-16(5-2,15(20)21)17-12-14(19)18(6-3)13-10-8-7-9-11-13/h10,17H,4-9,11-12H2,1-3H3,(H,20,21). The minimum absolute atomic E-state index is 0.0434. The minimum Gasteiger partial charge on any atom is -0.480 e. The van der Waals surface area contributed by atoms with Crippen LogP contribution in [0.4, 0.5) is 0 Å². The van der Waals surface area contributed by atoms with Crippen LogP contribution >= 0.6 is 0 Å². The highest BCUT2D eigenvalue weighted by Gasteiger charge is 2.35. The van der Waals surface area contributed by atoms with Gasteiger partial charge >= 0.3 is 5.97 Å². The summed E-state index contributed by atoms with van der Waals surface area (Å²) in [5.74, 6) is -0.932. The van der Waals surface area contributed by atoms with Crippen LogP contribution < -0.4 is 5.32 Å². The van der Waals surface area contributed by atoms with E-state index in [1.54, 1.807) is 4.90 Å². The zero-order valence-corrected chi connectivity index (χ0v) is 13.4. The molecule has 0 aliphatic heterocycles. The van der Waals surface area contributed by atoms with Crippen molar-refractivity contribution in [3.8, 4) is 0 Å². The summed E-state index contributed by atoms with van der Waals surface area (Å²) in [6, 6.07) is 0. The van der Waals surface area contributed by atoms with Gasteiger partial charge in [0.05, 0.1) is 6.54 Å². The number of nitrogens with one attached hydrogen (secondary N) is 1. The lowest BCUT2D eigenvalue weighted by Gasteiger charge is -2.31. The quantitative estimate of drug-likeness (QED) is 0.722. The van der Waals surface area contributed by atoms with Crippen LogP contribution in [0, 0.1) is 0 Å². The first-order valence-electron chi connectivity index (χ1n) is 7.98. The first kappa shape index (κ1) is 17.7. The van der Waals surface area contributed by atoms with Crippen LogP contribution in [0.1, 0.15) is 59.3 Å². The number of amides is 1. The molecule has 0 fully saturated rings. The van der Waals surface area contributed by atoms with E-state index >= 15 is 0 Å². The Morgan fingerprint density at radius 2 is 1.95 bits per heavy atom. The number of carbonyl (C=O) groups is 2. The molecule has 0 atom stereocenters. The molecule has 120 valence electrons. The third kappa shape index (κ3) is 4.30. The van der Waals surface area contributed by atoms with Crippen LogP contribution in [0.2, 0.25) is 0 Å². The molecule has 1 aliphatic carbocycles. The van der Waals surface area contributed by atoms with Gasteiger partial charge in [0.2, 0.25) is 5.91 Å². The summed E-state index contributed by atoms with van der Waals surface area (Å²) in [4.78, 5) is 25.6. The highest BCUT2D eigenvalue weighted by Crippen LogP contribution is 2.21. The SMILES string of the molecule is CCN(C(=O)CNC(CC)(CC)C(=O)O)C1=CCCCC1. The molecule has 2 N–H and O–H groups in total. The Kier molecular flexibility index (Phi) is 6.89. The molecule has 1 aliphatic rings. The average Bonchev–Trinajstić information content (AvgIpc) is 2.50.